The molecule has 0 spiro atoms. The molecule has 0 aliphatic rings. The van der Waals surface area contributed by atoms with E-state index < -0.39 is 0 Å². The summed E-state index contributed by atoms with van der Waals surface area (Å²) < 4.78 is 0. The van der Waals surface area contributed by atoms with Crippen molar-refractivity contribution < 1.29 is 0 Å². The molecule has 0 aromatic heterocycles. The maximum absolute atomic E-state index is 6.50. The van der Waals surface area contributed by atoms with E-state index in [1.807, 2.05) is 0 Å². The molecule has 0 aromatic carbocycles. The Hall–Kier alpha value is -0.0400. The van der Waals surface area contributed by atoms with Crippen LogP contribution < -0.4 is 5.73 Å². The van der Waals surface area contributed by atoms with Gasteiger partial charge in [0.2, 0.25) is 0 Å². The normalized spacial score (nSPS) is 14.8. The van der Waals surface area contributed by atoms with Crippen LogP contribution in [0.1, 0.15) is 98.3 Å². The Morgan fingerprint density at radius 2 is 1.21 bits per heavy atom. The monoisotopic (exact) mass is 269 g/mol. The molecule has 0 rings (SSSR count). The van der Waals surface area contributed by atoms with E-state index in [9.17, 15) is 0 Å². The third-order valence-corrected chi connectivity index (χ3v) is 4.70. The largest absolute Gasteiger partial charge is 0.327 e. The lowest BCUT2D eigenvalue weighted by molar-refractivity contribution is 0.274. The first-order valence-corrected chi connectivity index (χ1v) is 8.92. The van der Waals surface area contributed by atoms with Crippen LogP contribution in [0.5, 0.6) is 0 Å². The average molecular weight is 270 g/mol. The molecule has 2 N–H and O–H groups in total. The maximum Gasteiger partial charge on any atom is 0.00928 e. The molecule has 0 amide bonds. The predicted molar refractivity (Wildman–Crippen MR) is 88.4 cm³/mol. The summed E-state index contributed by atoms with van der Waals surface area (Å²) >= 11 is 0. The number of hydrogen-bond donors (Lipinski definition) is 1. The maximum atomic E-state index is 6.50. The van der Waals surface area contributed by atoms with Gasteiger partial charge in [-0.15, -0.1) is 0 Å². The second kappa shape index (κ2) is 13.0. The Labute approximate surface area is 122 Å². The van der Waals surface area contributed by atoms with Crippen molar-refractivity contribution in [2.45, 2.75) is 104 Å². The average Bonchev–Trinajstić information content (AvgIpc) is 2.44. The molecule has 1 heteroatoms. The van der Waals surface area contributed by atoms with Crippen molar-refractivity contribution >= 4 is 0 Å². The molecule has 0 aromatic rings. The Bertz CT molecular complexity index is 167. The molecule has 1 nitrogen and oxygen atoms in total. The van der Waals surface area contributed by atoms with Gasteiger partial charge in [0.05, 0.1) is 0 Å². The van der Waals surface area contributed by atoms with Crippen molar-refractivity contribution in [2.75, 3.05) is 0 Å². The van der Waals surface area contributed by atoms with E-state index >= 15 is 0 Å². The topological polar surface area (TPSA) is 26.0 Å². The molecule has 0 aliphatic carbocycles. The van der Waals surface area contributed by atoms with Crippen LogP contribution in [0.15, 0.2) is 0 Å². The van der Waals surface area contributed by atoms with E-state index in [2.05, 4.69) is 27.7 Å². The quantitative estimate of drug-likeness (QED) is 0.413. The third kappa shape index (κ3) is 9.49. The van der Waals surface area contributed by atoms with Crippen molar-refractivity contribution in [1.29, 1.82) is 0 Å². The van der Waals surface area contributed by atoms with Crippen LogP contribution >= 0.6 is 0 Å². The van der Waals surface area contributed by atoms with E-state index in [1.54, 1.807) is 0 Å². The highest BCUT2D eigenvalue weighted by Gasteiger charge is 2.21. The summed E-state index contributed by atoms with van der Waals surface area (Å²) in [5.41, 5.74) is 6.50. The van der Waals surface area contributed by atoms with Crippen LogP contribution in [0.3, 0.4) is 0 Å². The van der Waals surface area contributed by atoms with E-state index in [0.29, 0.717) is 12.0 Å². The fourth-order valence-corrected chi connectivity index (χ4v) is 2.93. The molecule has 0 radical (unpaired) electrons. The smallest absolute Gasteiger partial charge is 0.00928 e. The van der Waals surface area contributed by atoms with Gasteiger partial charge < -0.3 is 5.73 Å². The Balaban J connectivity index is 4.05. The molecular formula is C18H39N. The van der Waals surface area contributed by atoms with Crippen molar-refractivity contribution in [3.63, 3.8) is 0 Å². The van der Waals surface area contributed by atoms with Crippen LogP contribution in [-0.2, 0) is 0 Å². The van der Waals surface area contributed by atoms with E-state index in [-0.39, 0.29) is 0 Å². The molecule has 19 heavy (non-hydrogen) atoms. The summed E-state index contributed by atoms with van der Waals surface area (Å²) in [7, 11) is 0. The SMILES string of the molecule is CCCCCCC(CCCCCC)C(N)C(C)CC. The second-order valence-corrected chi connectivity index (χ2v) is 6.42. The lowest BCUT2D eigenvalue weighted by Gasteiger charge is -2.28. The van der Waals surface area contributed by atoms with Crippen molar-refractivity contribution in [1.82, 2.24) is 0 Å². The van der Waals surface area contributed by atoms with Crippen LogP contribution in [0.25, 0.3) is 0 Å². The van der Waals surface area contributed by atoms with Crippen LogP contribution in [-0.4, -0.2) is 6.04 Å². The number of unbranched alkanes of at least 4 members (excludes halogenated alkanes) is 6. The molecule has 0 saturated carbocycles. The Morgan fingerprint density at radius 3 is 1.58 bits per heavy atom. The lowest BCUT2D eigenvalue weighted by atomic mass is 9.82. The number of nitrogens with two attached hydrogens (primary N) is 1. The van der Waals surface area contributed by atoms with Crippen molar-refractivity contribution in [3.8, 4) is 0 Å². The molecule has 0 bridgehead atoms. The van der Waals surface area contributed by atoms with E-state index in [1.165, 1.54) is 70.6 Å². The summed E-state index contributed by atoms with van der Waals surface area (Å²) in [4.78, 5) is 0. The van der Waals surface area contributed by atoms with Gasteiger partial charge in [0, 0.05) is 6.04 Å². The van der Waals surface area contributed by atoms with Crippen LogP contribution in [0, 0.1) is 11.8 Å². The van der Waals surface area contributed by atoms with Gasteiger partial charge in [0.25, 0.3) is 0 Å². The third-order valence-electron chi connectivity index (χ3n) is 4.70. The molecular weight excluding hydrogens is 230 g/mol. The second-order valence-electron chi connectivity index (χ2n) is 6.42. The first-order valence-electron chi connectivity index (χ1n) is 8.92. The van der Waals surface area contributed by atoms with Gasteiger partial charge >= 0.3 is 0 Å². The number of rotatable bonds is 13. The highest BCUT2D eigenvalue weighted by molar-refractivity contribution is 4.77. The fourth-order valence-electron chi connectivity index (χ4n) is 2.93. The molecule has 0 saturated heterocycles. The molecule has 2 unspecified atom stereocenters. The minimum absolute atomic E-state index is 0.424. The Kier molecular flexibility index (Phi) is 12.9. The molecule has 0 aliphatic heterocycles. The number of hydrogen-bond acceptors (Lipinski definition) is 1. The van der Waals surface area contributed by atoms with Crippen LogP contribution in [0.4, 0.5) is 0 Å². The van der Waals surface area contributed by atoms with Crippen LogP contribution in [0.2, 0.25) is 0 Å². The van der Waals surface area contributed by atoms with Gasteiger partial charge in [-0.3, -0.25) is 0 Å². The molecule has 2 atom stereocenters. The zero-order chi connectivity index (χ0) is 14.5. The summed E-state index contributed by atoms with van der Waals surface area (Å²) in [5.74, 6) is 1.45. The van der Waals surface area contributed by atoms with E-state index in [0.717, 1.165) is 5.92 Å². The summed E-state index contributed by atoms with van der Waals surface area (Å²) in [6, 6.07) is 0.424. The summed E-state index contributed by atoms with van der Waals surface area (Å²) in [6.07, 6.45) is 15.0. The predicted octanol–water partition coefficient (Wildman–Crippen LogP) is 5.92. The summed E-state index contributed by atoms with van der Waals surface area (Å²) in [5, 5.41) is 0. The van der Waals surface area contributed by atoms with Crippen molar-refractivity contribution in [2.24, 2.45) is 17.6 Å². The van der Waals surface area contributed by atoms with Gasteiger partial charge in [-0.05, 0) is 24.7 Å². The highest BCUT2D eigenvalue weighted by atomic mass is 14.7. The molecule has 0 fully saturated rings. The summed E-state index contributed by atoms with van der Waals surface area (Å²) in [6.45, 7) is 9.17. The highest BCUT2D eigenvalue weighted by Crippen LogP contribution is 2.25. The van der Waals surface area contributed by atoms with Crippen molar-refractivity contribution in [3.05, 3.63) is 0 Å². The van der Waals surface area contributed by atoms with Gasteiger partial charge in [-0.1, -0.05) is 85.5 Å². The Morgan fingerprint density at radius 1 is 0.737 bits per heavy atom. The first kappa shape index (κ1) is 19.0. The standard InChI is InChI=1S/C18H39N/c1-5-8-10-12-14-17(15-13-11-9-6-2)18(19)16(4)7-3/h16-18H,5-15,19H2,1-4H3. The van der Waals surface area contributed by atoms with Gasteiger partial charge in [0.15, 0.2) is 0 Å². The van der Waals surface area contributed by atoms with Gasteiger partial charge in [-0.25, -0.2) is 0 Å². The van der Waals surface area contributed by atoms with Gasteiger partial charge in [-0.2, -0.15) is 0 Å². The minimum atomic E-state index is 0.424. The zero-order valence-electron chi connectivity index (χ0n) is 14.1. The lowest BCUT2D eigenvalue weighted by Crippen LogP contribution is -2.36. The van der Waals surface area contributed by atoms with E-state index in [4.69, 9.17) is 5.73 Å². The minimum Gasteiger partial charge on any atom is -0.327 e. The fraction of sp³-hybridized carbons (Fsp3) is 1.00. The molecule has 116 valence electrons. The first-order chi connectivity index (χ1) is 9.17. The zero-order valence-corrected chi connectivity index (χ0v) is 14.1. The molecule has 0 heterocycles. The van der Waals surface area contributed by atoms with Gasteiger partial charge in [0.1, 0.15) is 0 Å².